The van der Waals surface area contributed by atoms with Gasteiger partial charge in [-0.3, -0.25) is 14.3 Å². The van der Waals surface area contributed by atoms with Crippen LogP contribution in [0, 0.1) is 12.7 Å². The molecule has 0 saturated heterocycles. The number of amides is 1. The van der Waals surface area contributed by atoms with Crippen molar-refractivity contribution in [1.82, 2.24) is 19.7 Å². The maximum Gasteiger partial charge on any atom is 0.238 e. The van der Waals surface area contributed by atoms with Crippen molar-refractivity contribution in [2.75, 3.05) is 17.7 Å². The summed E-state index contributed by atoms with van der Waals surface area (Å²) in [5.41, 5.74) is 2.06. The van der Waals surface area contributed by atoms with Gasteiger partial charge in [-0.1, -0.05) is 29.5 Å². The lowest BCUT2D eigenvalue weighted by molar-refractivity contribution is -0.115. The van der Waals surface area contributed by atoms with Crippen LogP contribution in [0.4, 0.5) is 10.2 Å². The highest BCUT2D eigenvalue weighted by molar-refractivity contribution is 7.99. The van der Waals surface area contributed by atoms with Gasteiger partial charge in [-0.25, -0.2) is 9.37 Å². The van der Waals surface area contributed by atoms with Gasteiger partial charge in [-0.2, -0.15) is 0 Å². The number of aryl methyl sites for hydroxylation is 1. The minimum Gasteiger partial charge on any atom is -0.297 e. The van der Waals surface area contributed by atoms with Crippen molar-refractivity contribution in [3.05, 3.63) is 60.3 Å². The molecule has 0 aliphatic heterocycles. The van der Waals surface area contributed by atoms with Crippen LogP contribution in [-0.4, -0.2) is 38.5 Å². The molecule has 0 saturated carbocycles. The number of hydrogen-bond donors (Lipinski definition) is 0. The molecule has 1 amide bonds. The molecule has 0 radical (unpaired) electrons. The topological polar surface area (TPSA) is 63.9 Å². The summed E-state index contributed by atoms with van der Waals surface area (Å²) in [5, 5.41) is 8.55. The maximum absolute atomic E-state index is 13.7. The minimum absolute atomic E-state index is 0.00750. The summed E-state index contributed by atoms with van der Waals surface area (Å²) in [5.74, 6) is -0.711. The molecule has 6 nitrogen and oxygen atoms in total. The molecule has 0 fully saturated rings. The Morgan fingerprint density at radius 2 is 2.04 bits per heavy atom. The van der Waals surface area contributed by atoms with Crippen LogP contribution in [0.3, 0.4) is 0 Å². The summed E-state index contributed by atoms with van der Waals surface area (Å²) >= 11 is 1.24. The van der Waals surface area contributed by atoms with Crippen LogP contribution in [-0.2, 0) is 4.79 Å². The lowest BCUT2D eigenvalue weighted by atomic mass is 10.2. The van der Waals surface area contributed by atoms with Crippen LogP contribution in [0.2, 0.25) is 0 Å². The number of carbonyl (C=O) groups excluding carboxylic acids is 1. The third-order valence-electron chi connectivity index (χ3n) is 3.58. The fraction of sp³-hybridized carbons (Fsp3) is 0.176. The van der Waals surface area contributed by atoms with E-state index in [4.69, 9.17) is 0 Å². The Balaban J connectivity index is 1.70. The van der Waals surface area contributed by atoms with E-state index in [-0.39, 0.29) is 17.5 Å². The summed E-state index contributed by atoms with van der Waals surface area (Å²) in [6.07, 6.45) is 3.04. The summed E-state index contributed by atoms with van der Waals surface area (Å²) in [6, 6.07) is 10.7. The summed E-state index contributed by atoms with van der Waals surface area (Å²) in [4.78, 5) is 17.4. The molecule has 0 bridgehead atoms. The fourth-order valence-electron chi connectivity index (χ4n) is 2.17. The first kappa shape index (κ1) is 17.1. The molecule has 1 aromatic carbocycles. The fourth-order valence-corrected chi connectivity index (χ4v) is 3.01. The zero-order valence-electron chi connectivity index (χ0n) is 13.8. The quantitative estimate of drug-likeness (QED) is 0.657. The van der Waals surface area contributed by atoms with E-state index in [9.17, 15) is 9.18 Å². The van der Waals surface area contributed by atoms with E-state index in [2.05, 4.69) is 15.2 Å². The van der Waals surface area contributed by atoms with Gasteiger partial charge in [0.05, 0.1) is 5.75 Å². The van der Waals surface area contributed by atoms with Gasteiger partial charge in [0.25, 0.3) is 0 Å². The number of hydrogen-bond acceptors (Lipinski definition) is 5. The molecule has 3 rings (SSSR count). The van der Waals surface area contributed by atoms with E-state index in [1.165, 1.54) is 42.0 Å². The molecule has 25 heavy (non-hydrogen) atoms. The lowest BCUT2D eigenvalue weighted by Crippen LogP contribution is -2.29. The van der Waals surface area contributed by atoms with E-state index in [1.54, 1.807) is 10.9 Å². The van der Waals surface area contributed by atoms with Crippen molar-refractivity contribution in [1.29, 1.82) is 0 Å². The van der Waals surface area contributed by atoms with Crippen LogP contribution in [0.25, 0.3) is 5.69 Å². The van der Waals surface area contributed by atoms with Crippen LogP contribution < -0.4 is 4.90 Å². The van der Waals surface area contributed by atoms with Crippen molar-refractivity contribution >= 4 is 23.5 Å². The Hall–Kier alpha value is -2.74. The van der Waals surface area contributed by atoms with Gasteiger partial charge in [0.15, 0.2) is 16.8 Å². The Morgan fingerprint density at radius 3 is 2.76 bits per heavy atom. The Labute approximate surface area is 148 Å². The number of anilines is 1. The summed E-state index contributed by atoms with van der Waals surface area (Å²) in [6.45, 7) is 2.01. The molecule has 128 valence electrons. The average molecular weight is 357 g/mol. The van der Waals surface area contributed by atoms with Gasteiger partial charge < -0.3 is 0 Å². The maximum atomic E-state index is 13.7. The molecule has 2 heterocycles. The lowest BCUT2D eigenvalue weighted by Gasteiger charge is -2.16. The second-order valence-electron chi connectivity index (χ2n) is 5.37. The number of pyridine rings is 1. The third kappa shape index (κ3) is 3.85. The predicted octanol–water partition coefficient (Wildman–Crippen LogP) is 2.86. The standard InChI is InChI=1S/C17H16FN5OS/c1-12-5-7-13(8-6-12)23-11-20-21-17(23)25-10-15(24)22(2)16-14(18)4-3-9-19-16/h3-9,11H,10H2,1-2H3. The zero-order chi connectivity index (χ0) is 17.8. The number of halogens is 1. The van der Waals surface area contributed by atoms with Gasteiger partial charge in [0.2, 0.25) is 5.91 Å². The van der Waals surface area contributed by atoms with Crippen molar-refractivity contribution in [3.8, 4) is 5.69 Å². The number of benzene rings is 1. The molecule has 2 aromatic heterocycles. The number of thioether (sulfide) groups is 1. The van der Waals surface area contributed by atoms with Crippen molar-refractivity contribution in [2.45, 2.75) is 12.1 Å². The number of nitrogens with zero attached hydrogens (tertiary/aromatic N) is 5. The SMILES string of the molecule is Cc1ccc(-n2cnnc2SCC(=O)N(C)c2ncccc2F)cc1. The molecular formula is C17H16FN5OS. The number of rotatable bonds is 5. The first-order chi connectivity index (χ1) is 12.1. The van der Waals surface area contributed by atoms with Crippen molar-refractivity contribution in [2.24, 2.45) is 0 Å². The highest BCUT2D eigenvalue weighted by Gasteiger charge is 2.17. The Kier molecular flexibility index (Phi) is 5.08. The normalized spacial score (nSPS) is 10.7. The smallest absolute Gasteiger partial charge is 0.238 e. The van der Waals surface area contributed by atoms with E-state index in [1.807, 2.05) is 31.2 Å². The second-order valence-corrected chi connectivity index (χ2v) is 6.31. The molecule has 0 unspecified atom stereocenters. The summed E-state index contributed by atoms with van der Waals surface area (Å²) < 4.78 is 15.5. The zero-order valence-corrected chi connectivity index (χ0v) is 14.6. The molecular weight excluding hydrogens is 341 g/mol. The van der Waals surface area contributed by atoms with Crippen LogP contribution in [0.5, 0.6) is 0 Å². The minimum atomic E-state index is -0.536. The molecule has 0 aliphatic rings. The average Bonchev–Trinajstić information content (AvgIpc) is 3.08. The van der Waals surface area contributed by atoms with Gasteiger partial charge in [-0.15, -0.1) is 10.2 Å². The van der Waals surface area contributed by atoms with E-state index < -0.39 is 5.82 Å². The van der Waals surface area contributed by atoms with Crippen molar-refractivity contribution in [3.63, 3.8) is 0 Å². The van der Waals surface area contributed by atoms with E-state index >= 15 is 0 Å². The van der Waals surface area contributed by atoms with E-state index in [0.717, 1.165) is 11.3 Å². The highest BCUT2D eigenvalue weighted by atomic mass is 32.2. The Morgan fingerprint density at radius 1 is 1.28 bits per heavy atom. The monoisotopic (exact) mass is 357 g/mol. The first-order valence-corrected chi connectivity index (χ1v) is 8.52. The molecule has 0 atom stereocenters. The first-order valence-electron chi connectivity index (χ1n) is 7.53. The number of aromatic nitrogens is 4. The van der Waals surface area contributed by atoms with Gasteiger partial charge in [-0.05, 0) is 31.2 Å². The van der Waals surface area contributed by atoms with Crippen LogP contribution in [0.1, 0.15) is 5.56 Å². The molecule has 8 heteroatoms. The van der Waals surface area contributed by atoms with Crippen molar-refractivity contribution < 1.29 is 9.18 Å². The molecule has 0 N–H and O–H groups in total. The summed E-state index contributed by atoms with van der Waals surface area (Å²) in [7, 11) is 1.50. The highest BCUT2D eigenvalue weighted by Crippen LogP contribution is 2.21. The Bertz CT molecular complexity index is 881. The van der Waals surface area contributed by atoms with Crippen LogP contribution in [0.15, 0.2) is 54.1 Å². The van der Waals surface area contributed by atoms with Crippen LogP contribution >= 0.6 is 11.8 Å². The van der Waals surface area contributed by atoms with E-state index in [0.29, 0.717) is 5.16 Å². The predicted molar refractivity (Wildman–Crippen MR) is 94.4 cm³/mol. The van der Waals surface area contributed by atoms with Gasteiger partial charge >= 0.3 is 0 Å². The third-order valence-corrected chi connectivity index (χ3v) is 4.51. The molecule has 0 spiro atoms. The van der Waals surface area contributed by atoms with Gasteiger partial charge in [0, 0.05) is 18.9 Å². The number of carbonyl (C=O) groups is 1. The van der Waals surface area contributed by atoms with Gasteiger partial charge in [0.1, 0.15) is 6.33 Å². The molecule has 0 aliphatic carbocycles. The second kappa shape index (κ2) is 7.43. The largest absolute Gasteiger partial charge is 0.297 e. The molecule has 3 aromatic rings.